The third-order valence-corrected chi connectivity index (χ3v) is 6.69. The van der Waals surface area contributed by atoms with Crippen molar-refractivity contribution >= 4 is 35.2 Å². The van der Waals surface area contributed by atoms with Crippen molar-refractivity contribution in [2.45, 2.75) is 49.5 Å². The van der Waals surface area contributed by atoms with E-state index in [1.807, 2.05) is 30.5 Å². The number of rotatable bonds is 5. The Morgan fingerprint density at radius 3 is 2.43 bits per heavy atom. The lowest BCUT2D eigenvalue weighted by atomic mass is 9.76. The van der Waals surface area contributed by atoms with Crippen LogP contribution in [0.4, 0.5) is 5.69 Å². The number of nitrogens with zero attached hydrogens (tertiary/aromatic N) is 1. The number of ether oxygens (including phenoxy) is 1. The summed E-state index contributed by atoms with van der Waals surface area (Å²) in [4.78, 5) is 40.7. The highest BCUT2D eigenvalue weighted by atomic mass is 32.2. The summed E-state index contributed by atoms with van der Waals surface area (Å²) in [7, 11) is 1.35. The second-order valence-corrected chi connectivity index (χ2v) is 8.73. The first-order valence-corrected chi connectivity index (χ1v) is 11.0. The first-order chi connectivity index (χ1) is 13.4. The minimum atomic E-state index is -0.963. The lowest BCUT2D eigenvalue weighted by Gasteiger charge is -2.38. The molecule has 1 heterocycles. The van der Waals surface area contributed by atoms with Crippen molar-refractivity contribution < 1.29 is 19.1 Å². The minimum absolute atomic E-state index is 0.0681. The zero-order chi connectivity index (χ0) is 20.3. The van der Waals surface area contributed by atoms with E-state index in [4.69, 9.17) is 4.74 Å². The minimum Gasteiger partial charge on any atom is -0.467 e. The van der Waals surface area contributed by atoms with Crippen LogP contribution in [-0.4, -0.2) is 43.2 Å². The molecule has 28 heavy (non-hydrogen) atoms. The summed E-state index contributed by atoms with van der Waals surface area (Å²) >= 11 is 1.64. The second kappa shape index (κ2) is 8.55. The van der Waals surface area contributed by atoms with E-state index in [-0.39, 0.29) is 24.2 Å². The van der Waals surface area contributed by atoms with Crippen molar-refractivity contribution in [1.29, 1.82) is 0 Å². The average molecular weight is 405 g/mol. The number of benzene rings is 1. The quantitative estimate of drug-likeness (QED) is 0.603. The van der Waals surface area contributed by atoms with Crippen LogP contribution in [-0.2, 0) is 19.1 Å². The van der Waals surface area contributed by atoms with E-state index in [1.54, 1.807) is 16.7 Å². The van der Waals surface area contributed by atoms with Gasteiger partial charge in [-0.25, -0.2) is 4.79 Å². The Morgan fingerprint density at radius 1 is 1.21 bits per heavy atom. The Bertz CT molecular complexity index is 741. The molecule has 2 amide bonds. The SMILES string of the molecule is COC(=O)C1(NC(=O)C2CC(=O)N(c3ccc(SC)cc3)C2)CCC(C)CC1. The van der Waals surface area contributed by atoms with Gasteiger partial charge in [-0.15, -0.1) is 11.8 Å². The maximum absolute atomic E-state index is 12.9. The molecule has 2 fully saturated rings. The third-order valence-electron chi connectivity index (χ3n) is 5.95. The monoisotopic (exact) mass is 404 g/mol. The molecule has 1 atom stereocenters. The number of esters is 1. The molecule has 0 spiro atoms. The number of carbonyl (C=O) groups is 3. The van der Waals surface area contributed by atoms with Gasteiger partial charge in [-0.2, -0.15) is 0 Å². The number of thioether (sulfide) groups is 1. The van der Waals surface area contributed by atoms with Gasteiger partial charge in [-0.3, -0.25) is 9.59 Å². The summed E-state index contributed by atoms with van der Waals surface area (Å²) in [5, 5.41) is 2.96. The van der Waals surface area contributed by atoms with Crippen LogP contribution in [0.1, 0.15) is 39.0 Å². The highest BCUT2D eigenvalue weighted by Gasteiger charge is 2.46. The van der Waals surface area contributed by atoms with Gasteiger partial charge in [0.25, 0.3) is 0 Å². The first kappa shape index (κ1) is 20.7. The van der Waals surface area contributed by atoms with Crippen molar-refractivity contribution in [2.24, 2.45) is 11.8 Å². The summed E-state index contributed by atoms with van der Waals surface area (Å²) in [6.45, 7) is 2.48. The van der Waals surface area contributed by atoms with Crippen LogP contribution in [0, 0.1) is 11.8 Å². The maximum atomic E-state index is 12.9. The number of anilines is 1. The molecule has 0 bridgehead atoms. The Labute approximate surface area is 170 Å². The van der Waals surface area contributed by atoms with Gasteiger partial charge in [0.05, 0.1) is 13.0 Å². The van der Waals surface area contributed by atoms with Gasteiger partial charge in [-0.1, -0.05) is 6.92 Å². The van der Waals surface area contributed by atoms with Crippen molar-refractivity contribution in [1.82, 2.24) is 5.32 Å². The number of hydrogen-bond acceptors (Lipinski definition) is 5. The van der Waals surface area contributed by atoms with Crippen LogP contribution in [0.3, 0.4) is 0 Å². The van der Waals surface area contributed by atoms with Gasteiger partial charge in [0.1, 0.15) is 5.54 Å². The normalized spacial score (nSPS) is 27.5. The smallest absolute Gasteiger partial charge is 0.331 e. The van der Waals surface area contributed by atoms with Crippen LogP contribution in [0.2, 0.25) is 0 Å². The van der Waals surface area contributed by atoms with Crippen molar-refractivity contribution in [3.8, 4) is 0 Å². The fourth-order valence-corrected chi connectivity index (χ4v) is 4.47. The van der Waals surface area contributed by atoms with Crippen LogP contribution in [0.15, 0.2) is 29.2 Å². The first-order valence-electron chi connectivity index (χ1n) is 9.73. The molecule has 0 radical (unpaired) electrons. The topological polar surface area (TPSA) is 75.7 Å². The van der Waals surface area contributed by atoms with Crippen molar-refractivity contribution in [3.05, 3.63) is 24.3 Å². The third kappa shape index (κ3) is 4.19. The van der Waals surface area contributed by atoms with Crippen molar-refractivity contribution in [3.63, 3.8) is 0 Å². The van der Waals surface area contributed by atoms with E-state index in [2.05, 4.69) is 12.2 Å². The zero-order valence-electron chi connectivity index (χ0n) is 16.7. The molecule has 7 heteroatoms. The molecule has 1 aliphatic carbocycles. The number of amides is 2. The van der Waals surface area contributed by atoms with E-state index in [0.717, 1.165) is 23.4 Å². The second-order valence-electron chi connectivity index (χ2n) is 7.85. The van der Waals surface area contributed by atoms with Crippen LogP contribution in [0.25, 0.3) is 0 Å². The molecule has 1 saturated carbocycles. The van der Waals surface area contributed by atoms with Gasteiger partial charge in [0.2, 0.25) is 11.8 Å². The molecule has 6 nitrogen and oxygen atoms in total. The molecule has 1 aromatic carbocycles. The van der Waals surface area contributed by atoms with E-state index in [1.165, 1.54) is 7.11 Å². The molecular weight excluding hydrogens is 376 g/mol. The summed E-state index contributed by atoms with van der Waals surface area (Å²) in [5.41, 5.74) is -0.165. The van der Waals surface area contributed by atoms with Gasteiger partial charge in [-0.05, 0) is 62.1 Å². The fraction of sp³-hybridized carbons (Fsp3) is 0.571. The van der Waals surface area contributed by atoms with Crippen LogP contribution < -0.4 is 10.2 Å². The lowest BCUT2D eigenvalue weighted by molar-refractivity contribution is -0.153. The zero-order valence-corrected chi connectivity index (χ0v) is 17.5. The van der Waals surface area contributed by atoms with E-state index in [9.17, 15) is 14.4 Å². The van der Waals surface area contributed by atoms with E-state index < -0.39 is 11.5 Å². The molecule has 3 rings (SSSR count). The Balaban J connectivity index is 1.70. The highest BCUT2D eigenvalue weighted by Crippen LogP contribution is 2.34. The number of methoxy groups -OCH3 is 1. The van der Waals surface area contributed by atoms with Gasteiger partial charge in [0, 0.05) is 23.5 Å². The van der Waals surface area contributed by atoms with Crippen LogP contribution in [0.5, 0.6) is 0 Å². The summed E-state index contributed by atoms with van der Waals surface area (Å²) < 4.78 is 4.99. The standard InChI is InChI=1S/C21H28N2O4S/c1-14-8-10-21(11-9-14,20(26)27-2)22-19(25)15-12-18(24)23(13-15)16-4-6-17(28-3)7-5-16/h4-7,14-15H,8-13H2,1-3H3,(H,22,25). The molecule has 152 valence electrons. The summed E-state index contributed by atoms with van der Waals surface area (Å²) in [5.74, 6) is -0.629. The molecule has 2 aliphatic rings. The lowest BCUT2D eigenvalue weighted by Crippen LogP contribution is -2.58. The molecule has 1 aromatic rings. The molecular formula is C21H28N2O4S. The van der Waals surface area contributed by atoms with Gasteiger partial charge < -0.3 is 15.0 Å². The largest absolute Gasteiger partial charge is 0.467 e. The Kier molecular flexibility index (Phi) is 6.33. The number of hydrogen-bond donors (Lipinski definition) is 1. The summed E-state index contributed by atoms with van der Waals surface area (Å²) in [6.07, 6.45) is 5.04. The van der Waals surface area contributed by atoms with Crippen LogP contribution >= 0.6 is 11.8 Å². The fourth-order valence-electron chi connectivity index (χ4n) is 4.06. The summed E-state index contributed by atoms with van der Waals surface area (Å²) in [6, 6.07) is 7.75. The highest BCUT2D eigenvalue weighted by molar-refractivity contribution is 7.98. The van der Waals surface area contributed by atoms with E-state index in [0.29, 0.717) is 25.3 Å². The van der Waals surface area contributed by atoms with Gasteiger partial charge >= 0.3 is 5.97 Å². The van der Waals surface area contributed by atoms with Crippen molar-refractivity contribution in [2.75, 3.05) is 24.8 Å². The molecule has 0 aromatic heterocycles. The van der Waals surface area contributed by atoms with E-state index >= 15 is 0 Å². The number of carbonyl (C=O) groups excluding carboxylic acids is 3. The Hall–Kier alpha value is -2.02. The molecule has 1 saturated heterocycles. The number of nitrogens with one attached hydrogen (secondary N) is 1. The predicted molar refractivity (Wildman–Crippen MR) is 109 cm³/mol. The molecule has 1 N–H and O–H groups in total. The molecule has 1 aliphatic heterocycles. The maximum Gasteiger partial charge on any atom is 0.331 e. The molecule has 1 unspecified atom stereocenters. The predicted octanol–water partition coefficient (Wildman–Crippen LogP) is 3.00. The Morgan fingerprint density at radius 2 is 1.86 bits per heavy atom. The average Bonchev–Trinajstić information content (AvgIpc) is 3.11. The van der Waals surface area contributed by atoms with Gasteiger partial charge in [0.15, 0.2) is 0 Å².